The molecule has 0 spiro atoms. The van der Waals surface area contributed by atoms with Gasteiger partial charge in [0.25, 0.3) is 0 Å². The molecule has 4 fully saturated rings. The van der Waals surface area contributed by atoms with Crippen molar-refractivity contribution in [1.29, 1.82) is 0 Å². The van der Waals surface area contributed by atoms with Gasteiger partial charge in [0.15, 0.2) is 0 Å². The van der Waals surface area contributed by atoms with Crippen molar-refractivity contribution in [3.8, 4) is 0 Å². The van der Waals surface area contributed by atoms with Crippen LogP contribution in [-0.2, 0) is 0 Å². The van der Waals surface area contributed by atoms with Crippen LogP contribution in [0.4, 0.5) is 0 Å². The fourth-order valence-corrected chi connectivity index (χ4v) is 8.07. The molecule has 25 heavy (non-hydrogen) atoms. The van der Waals surface area contributed by atoms with Crippen LogP contribution in [-0.4, -0.2) is 35.5 Å². The Morgan fingerprint density at radius 2 is 1.72 bits per heavy atom. The summed E-state index contributed by atoms with van der Waals surface area (Å²) < 4.78 is 0. The van der Waals surface area contributed by atoms with Crippen molar-refractivity contribution in [3.05, 3.63) is 0 Å². The fraction of sp³-hybridized carbons (Fsp3) is 1.00. The number of nitrogens with one attached hydrogen (secondary N) is 1. The standard InChI is InChI=1S/C22H39NO2/c1-20-10-4-3-5-16(20)6-7-17-18(20)8-11-21(2)19(17)9-12-22(21,25)15-23-13-14-24/h16-19,23-25H,3-15H2,1-2H3/t16?,17?,18?,19?,20-,21-,22+/m1/s1. The van der Waals surface area contributed by atoms with E-state index in [1.54, 1.807) is 0 Å². The number of aliphatic hydroxyl groups excluding tert-OH is 1. The van der Waals surface area contributed by atoms with Crippen molar-refractivity contribution < 1.29 is 10.2 Å². The van der Waals surface area contributed by atoms with Crippen LogP contribution < -0.4 is 5.32 Å². The van der Waals surface area contributed by atoms with Crippen molar-refractivity contribution in [2.45, 2.75) is 83.7 Å². The zero-order valence-corrected chi connectivity index (χ0v) is 16.4. The molecule has 0 aromatic heterocycles. The molecule has 0 amide bonds. The van der Waals surface area contributed by atoms with E-state index in [9.17, 15) is 5.11 Å². The SMILES string of the molecule is C[C@@]12CCCCC1CCC1C2CC[C@]2(C)C1CC[C@]2(O)CNCCO. The van der Waals surface area contributed by atoms with E-state index in [-0.39, 0.29) is 12.0 Å². The van der Waals surface area contributed by atoms with Crippen molar-refractivity contribution in [2.75, 3.05) is 19.7 Å². The summed E-state index contributed by atoms with van der Waals surface area (Å²) in [7, 11) is 0. The first-order valence-electron chi connectivity index (χ1n) is 11.0. The van der Waals surface area contributed by atoms with Gasteiger partial charge in [0.2, 0.25) is 0 Å². The molecule has 144 valence electrons. The highest BCUT2D eigenvalue weighted by Crippen LogP contribution is 2.68. The molecular formula is C22H39NO2. The summed E-state index contributed by atoms with van der Waals surface area (Å²) in [6.07, 6.45) is 13.3. The number of rotatable bonds is 4. The molecule has 0 aliphatic heterocycles. The van der Waals surface area contributed by atoms with E-state index in [4.69, 9.17) is 5.11 Å². The van der Waals surface area contributed by atoms with Crippen LogP contribution in [0.2, 0.25) is 0 Å². The third kappa shape index (κ3) is 2.63. The Bertz CT molecular complexity index is 496. The minimum Gasteiger partial charge on any atom is -0.395 e. The van der Waals surface area contributed by atoms with Crippen LogP contribution in [0.25, 0.3) is 0 Å². The van der Waals surface area contributed by atoms with Crippen LogP contribution >= 0.6 is 0 Å². The van der Waals surface area contributed by atoms with Crippen LogP contribution in [0, 0.1) is 34.5 Å². The van der Waals surface area contributed by atoms with E-state index in [2.05, 4.69) is 19.2 Å². The molecule has 0 bridgehead atoms. The Balaban J connectivity index is 1.55. The smallest absolute Gasteiger partial charge is 0.0827 e. The molecule has 4 saturated carbocycles. The lowest BCUT2D eigenvalue weighted by Gasteiger charge is -2.61. The van der Waals surface area contributed by atoms with Gasteiger partial charge in [-0.3, -0.25) is 0 Å². The average Bonchev–Trinajstić information content (AvgIpc) is 2.86. The zero-order valence-electron chi connectivity index (χ0n) is 16.4. The second kappa shape index (κ2) is 6.49. The Kier molecular flexibility index (Phi) is 4.74. The zero-order chi connectivity index (χ0) is 17.7. The van der Waals surface area contributed by atoms with Gasteiger partial charge in [0.1, 0.15) is 0 Å². The lowest BCUT2D eigenvalue weighted by molar-refractivity contribution is -0.150. The van der Waals surface area contributed by atoms with E-state index in [1.165, 1.54) is 57.8 Å². The minimum absolute atomic E-state index is 0.0640. The van der Waals surface area contributed by atoms with E-state index < -0.39 is 5.60 Å². The van der Waals surface area contributed by atoms with Crippen molar-refractivity contribution in [3.63, 3.8) is 0 Å². The Hall–Kier alpha value is -0.120. The lowest BCUT2D eigenvalue weighted by atomic mass is 9.44. The van der Waals surface area contributed by atoms with Crippen LogP contribution in [0.1, 0.15) is 78.1 Å². The molecule has 0 aromatic carbocycles. The van der Waals surface area contributed by atoms with Gasteiger partial charge in [-0.15, -0.1) is 0 Å². The third-order valence-corrected chi connectivity index (χ3v) is 9.61. The molecular weight excluding hydrogens is 310 g/mol. The van der Waals surface area contributed by atoms with E-state index in [0.29, 0.717) is 24.4 Å². The number of fused-ring (bicyclic) bond motifs is 5. The molecule has 3 nitrogen and oxygen atoms in total. The van der Waals surface area contributed by atoms with E-state index >= 15 is 0 Å². The number of hydrogen-bond acceptors (Lipinski definition) is 3. The highest BCUT2D eigenvalue weighted by Gasteiger charge is 2.64. The lowest BCUT2D eigenvalue weighted by Crippen LogP contribution is -2.58. The Morgan fingerprint density at radius 1 is 0.920 bits per heavy atom. The first-order valence-corrected chi connectivity index (χ1v) is 11.0. The highest BCUT2D eigenvalue weighted by atomic mass is 16.3. The number of hydrogen-bond donors (Lipinski definition) is 3. The molecule has 0 saturated heterocycles. The van der Waals surface area contributed by atoms with Gasteiger partial charge in [0.05, 0.1) is 12.2 Å². The molecule has 4 aliphatic rings. The van der Waals surface area contributed by atoms with E-state index in [1.807, 2.05) is 0 Å². The molecule has 4 aliphatic carbocycles. The predicted octanol–water partition coefficient (Wildman–Crippen LogP) is 3.73. The summed E-state index contributed by atoms with van der Waals surface area (Å²) in [6.45, 7) is 6.41. The molecule has 4 rings (SSSR count). The summed E-state index contributed by atoms with van der Waals surface area (Å²) in [5, 5.41) is 23.9. The maximum atomic E-state index is 11.5. The Morgan fingerprint density at radius 3 is 2.52 bits per heavy atom. The molecule has 0 heterocycles. The van der Waals surface area contributed by atoms with E-state index in [0.717, 1.165) is 24.2 Å². The summed E-state index contributed by atoms with van der Waals surface area (Å²) in [5.74, 6) is 3.41. The second-order valence-electron chi connectivity index (χ2n) is 10.3. The van der Waals surface area contributed by atoms with Crippen molar-refractivity contribution in [1.82, 2.24) is 5.32 Å². The monoisotopic (exact) mass is 349 g/mol. The van der Waals surface area contributed by atoms with Gasteiger partial charge in [-0.1, -0.05) is 26.7 Å². The first-order chi connectivity index (χ1) is 11.9. The van der Waals surface area contributed by atoms with Gasteiger partial charge < -0.3 is 15.5 Å². The molecule has 3 heteroatoms. The summed E-state index contributed by atoms with van der Waals surface area (Å²) in [6, 6.07) is 0. The first kappa shape index (κ1) is 18.3. The molecule has 0 aromatic rings. The van der Waals surface area contributed by atoms with Gasteiger partial charge in [-0.25, -0.2) is 0 Å². The quantitative estimate of drug-likeness (QED) is 0.678. The summed E-state index contributed by atoms with van der Waals surface area (Å²) in [5.41, 5.74) is 0.0644. The van der Waals surface area contributed by atoms with Crippen molar-refractivity contribution in [2.24, 2.45) is 34.5 Å². The van der Waals surface area contributed by atoms with Gasteiger partial charge in [0, 0.05) is 18.5 Å². The third-order valence-electron chi connectivity index (χ3n) is 9.61. The van der Waals surface area contributed by atoms with Gasteiger partial charge in [-0.2, -0.15) is 0 Å². The van der Waals surface area contributed by atoms with Crippen LogP contribution in [0.5, 0.6) is 0 Å². The maximum absolute atomic E-state index is 11.5. The second-order valence-corrected chi connectivity index (χ2v) is 10.3. The van der Waals surface area contributed by atoms with Crippen LogP contribution in [0.3, 0.4) is 0 Å². The highest BCUT2D eigenvalue weighted by molar-refractivity contribution is 5.14. The predicted molar refractivity (Wildman–Crippen MR) is 101 cm³/mol. The van der Waals surface area contributed by atoms with Gasteiger partial charge >= 0.3 is 0 Å². The minimum atomic E-state index is -0.581. The molecule has 7 atom stereocenters. The Labute approximate surface area is 154 Å². The fourth-order valence-electron chi connectivity index (χ4n) is 8.07. The topological polar surface area (TPSA) is 52.5 Å². The van der Waals surface area contributed by atoms with Crippen molar-refractivity contribution >= 4 is 0 Å². The largest absolute Gasteiger partial charge is 0.395 e. The maximum Gasteiger partial charge on any atom is 0.0827 e. The number of aliphatic hydroxyl groups is 2. The summed E-state index contributed by atoms with van der Waals surface area (Å²) in [4.78, 5) is 0. The molecule has 0 radical (unpaired) electrons. The van der Waals surface area contributed by atoms with Gasteiger partial charge in [-0.05, 0) is 80.5 Å². The molecule has 3 N–H and O–H groups in total. The normalized spacial score (nSPS) is 52.3. The molecule has 4 unspecified atom stereocenters. The average molecular weight is 350 g/mol. The van der Waals surface area contributed by atoms with Crippen LogP contribution in [0.15, 0.2) is 0 Å². The summed E-state index contributed by atoms with van der Waals surface area (Å²) >= 11 is 0.